The van der Waals surface area contributed by atoms with E-state index < -0.39 is 0 Å². The lowest BCUT2D eigenvalue weighted by atomic mass is 9.81. The first kappa shape index (κ1) is 14.5. The zero-order valence-corrected chi connectivity index (χ0v) is 12.6. The van der Waals surface area contributed by atoms with E-state index in [1.807, 2.05) is 0 Å². The van der Waals surface area contributed by atoms with Gasteiger partial charge in [0.1, 0.15) is 0 Å². The van der Waals surface area contributed by atoms with Crippen molar-refractivity contribution in [3.8, 4) is 0 Å². The van der Waals surface area contributed by atoms with Gasteiger partial charge in [0.25, 0.3) is 0 Å². The van der Waals surface area contributed by atoms with Gasteiger partial charge in [0.05, 0.1) is 0 Å². The summed E-state index contributed by atoms with van der Waals surface area (Å²) in [5, 5.41) is 3.58. The summed E-state index contributed by atoms with van der Waals surface area (Å²) >= 11 is 0. The normalized spacial score (nSPS) is 22.6. The molecule has 0 saturated heterocycles. The molecule has 1 aromatic carbocycles. The number of aryl methyl sites for hydroxylation is 1. The predicted molar refractivity (Wildman–Crippen MR) is 82.5 cm³/mol. The van der Waals surface area contributed by atoms with Gasteiger partial charge < -0.3 is 11.1 Å². The maximum Gasteiger partial charge on any atom is 0.00450 e. The molecule has 2 rings (SSSR count). The van der Waals surface area contributed by atoms with Crippen LogP contribution in [0.4, 0.5) is 0 Å². The standard InChI is InChI=1S/C17H28N2/c1-12(2)15-5-4-13(3)16(10-15)6-7-19-11-14-8-17(18)9-14/h4-5,10,12,14,17,19H,6-9,11,18H2,1-3H3. The molecule has 19 heavy (non-hydrogen) atoms. The summed E-state index contributed by atoms with van der Waals surface area (Å²) in [6.45, 7) is 8.94. The Balaban J connectivity index is 1.77. The minimum Gasteiger partial charge on any atom is -0.328 e. The van der Waals surface area contributed by atoms with Crippen molar-refractivity contribution >= 4 is 0 Å². The van der Waals surface area contributed by atoms with Crippen LogP contribution < -0.4 is 11.1 Å². The van der Waals surface area contributed by atoms with Crippen molar-refractivity contribution in [3.63, 3.8) is 0 Å². The molecule has 1 aromatic rings. The number of nitrogens with two attached hydrogens (primary N) is 1. The lowest BCUT2D eigenvalue weighted by Gasteiger charge is -2.32. The molecule has 3 N–H and O–H groups in total. The summed E-state index contributed by atoms with van der Waals surface area (Å²) in [6.07, 6.45) is 3.54. The van der Waals surface area contributed by atoms with E-state index in [0.717, 1.165) is 25.4 Å². The van der Waals surface area contributed by atoms with Crippen LogP contribution in [0.5, 0.6) is 0 Å². The molecule has 0 atom stereocenters. The van der Waals surface area contributed by atoms with Crippen molar-refractivity contribution in [2.45, 2.75) is 52.0 Å². The Hall–Kier alpha value is -0.860. The van der Waals surface area contributed by atoms with Crippen LogP contribution in [0.15, 0.2) is 18.2 Å². The summed E-state index contributed by atoms with van der Waals surface area (Å²) in [5.41, 5.74) is 10.2. The minimum absolute atomic E-state index is 0.469. The summed E-state index contributed by atoms with van der Waals surface area (Å²) in [6, 6.07) is 7.36. The van der Waals surface area contributed by atoms with Crippen LogP contribution in [0, 0.1) is 12.8 Å². The fourth-order valence-electron chi connectivity index (χ4n) is 2.80. The third-order valence-electron chi connectivity index (χ3n) is 4.32. The largest absolute Gasteiger partial charge is 0.328 e. The third-order valence-corrected chi connectivity index (χ3v) is 4.32. The maximum absolute atomic E-state index is 5.80. The maximum atomic E-state index is 5.80. The summed E-state index contributed by atoms with van der Waals surface area (Å²) in [4.78, 5) is 0. The smallest absolute Gasteiger partial charge is 0.00450 e. The summed E-state index contributed by atoms with van der Waals surface area (Å²) in [7, 11) is 0. The van der Waals surface area contributed by atoms with E-state index in [2.05, 4.69) is 44.3 Å². The quantitative estimate of drug-likeness (QED) is 0.772. The second-order valence-electron chi connectivity index (χ2n) is 6.39. The lowest BCUT2D eigenvalue weighted by Crippen LogP contribution is -2.41. The molecule has 1 saturated carbocycles. The first-order valence-corrected chi connectivity index (χ1v) is 7.62. The van der Waals surface area contributed by atoms with E-state index >= 15 is 0 Å². The molecule has 1 aliphatic carbocycles. The van der Waals surface area contributed by atoms with Crippen molar-refractivity contribution in [3.05, 3.63) is 34.9 Å². The number of hydrogen-bond acceptors (Lipinski definition) is 2. The van der Waals surface area contributed by atoms with Crippen LogP contribution in [0.25, 0.3) is 0 Å². The van der Waals surface area contributed by atoms with Gasteiger partial charge in [-0.1, -0.05) is 32.0 Å². The Bertz CT molecular complexity index is 406. The van der Waals surface area contributed by atoms with Crippen molar-refractivity contribution in [2.24, 2.45) is 11.7 Å². The van der Waals surface area contributed by atoms with Gasteiger partial charge in [0.15, 0.2) is 0 Å². The molecule has 0 amide bonds. The Morgan fingerprint density at radius 1 is 1.32 bits per heavy atom. The second kappa shape index (κ2) is 6.53. The van der Waals surface area contributed by atoms with Gasteiger partial charge in [-0.05, 0) is 67.8 Å². The molecule has 0 unspecified atom stereocenters. The van der Waals surface area contributed by atoms with Gasteiger partial charge in [-0.2, -0.15) is 0 Å². The zero-order valence-electron chi connectivity index (χ0n) is 12.6. The minimum atomic E-state index is 0.469. The Morgan fingerprint density at radius 2 is 2.05 bits per heavy atom. The highest BCUT2D eigenvalue weighted by Crippen LogP contribution is 2.24. The van der Waals surface area contributed by atoms with Gasteiger partial charge in [-0.25, -0.2) is 0 Å². The van der Waals surface area contributed by atoms with E-state index in [9.17, 15) is 0 Å². The molecular formula is C17H28N2. The first-order valence-electron chi connectivity index (χ1n) is 7.62. The monoisotopic (exact) mass is 260 g/mol. The molecule has 1 aliphatic rings. The summed E-state index contributed by atoms with van der Waals surface area (Å²) in [5.74, 6) is 1.43. The molecule has 0 radical (unpaired) electrons. The Kier molecular flexibility index (Phi) is 5.00. The second-order valence-corrected chi connectivity index (χ2v) is 6.39. The Morgan fingerprint density at radius 3 is 2.68 bits per heavy atom. The molecule has 0 heterocycles. The molecule has 2 nitrogen and oxygen atoms in total. The molecule has 2 heteroatoms. The molecule has 106 valence electrons. The van der Waals surface area contributed by atoms with Crippen LogP contribution in [-0.2, 0) is 6.42 Å². The van der Waals surface area contributed by atoms with Crippen molar-refractivity contribution in [1.82, 2.24) is 5.32 Å². The van der Waals surface area contributed by atoms with E-state index in [-0.39, 0.29) is 0 Å². The van der Waals surface area contributed by atoms with E-state index in [0.29, 0.717) is 12.0 Å². The summed E-state index contributed by atoms with van der Waals surface area (Å²) < 4.78 is 0. The average molecular weight is 260 g/mol. The SMILES string of the molecule is Cc1ccc(C(C)C)cc1CCNCC1CC(N)C1. The molecule has 0 bridgehead atoms. The average Bonchev–Trinajstić information content (AvgIpc) is 2.33. The highest BCUT2D eigenvalue weighted by Gasteiger charge is 2.24. The van der Waals surface area contributed by atoms with Gasteiger partial charge in [-0.15, -0.1) is 0 Å². The van der Waals surface area contributed by atoms with Crippen LogP contribution in [0.2, 0.25) is 0 Å². The van der Waals surface area contributed by atoms with Crippen molar-refractivity contribution < 1.29 is 0 Å². The molecule has 0 spiro atoms. The molecule has 1 fully saturated rings. The van der Waals surface area contributed by atoms with Crippen LogP contribution >= 0.6 is 0 Å². The number of benzene rings is 1. The highest BCUT2D eigenvalue weighted by atomic mass is 14.9. The first-order chi connectivity index (χ1) is 9.06. The van der Waals surface area contributed by atoms with Crippen LogP contribution in [0.3, 0.4) is 0 Å². The van der Waals surface area contributed by atoms with E-state index in [1.54, 1.807) is 0 Å². The highest BCUT2D eigenvalue weighted by molar-refractivity contribution is 5.32. The van der Waals surface area contributed by atoms with Crippen LogP contribution in [0.1, 0.15) is 49.3 Å². The van der Waals surface area contributed by atoms with Crippen LogP contribution in [-0.4, -0.2) is 19.1 Å². The fraction of sp³-hybridized carbons (Fsp3) is 0.647. The van der Waals surface area contributed by atoms with E-state index in [4.69, 9.17) is 5.73 Å². The number of hydrogen-bond donors (Lipinski definition) is 2. The van der Waals surface area contributed by atoms with Gasteiger partial charge in [-0.3, -0.25) is 0 Å². The topological polar surface area (TPSA) is 38.0 Å². The lowest BCUT2D eigenvalue weighted by molar-refractivity contribution is 0.257. The number of nitrogens with one attached hydrogen (secondary N) is 1. The number of rotatable bonds is 6. The Labute approximate surface area is 117 Å². The zero-order chi connectivity index (χ0) is 13.8. The van der Waals surface area contributed by atoms with Gasteiger partial charge in [0.2, 0.25) is 0 Å². The van der Waals surface area contributed by atoms with Gasteiger partial charge in [0, 0.05) is 6.04 Å². The molecule has 0 aliphatic heterocycles. The molecule has 0 aromatic heterocycles. The van der Waals surface area contributed by atoms with Gasteiger partial charge >= 0.3 is 0 Å². The van der Waals surface area contributed by atoms with E-state index in [1.165, 1.54) is 29.5 Å². The predicted octanol–water partition coefficient (Wildman–Crippen LogP) is 2.99. The van der Waals surface area contributed by atoms with Crippen molar-refractivity contribution in [2.75, 3.05) is 13.1 Å². The molecular weight excluding hydrogens is 232 g/mol. The fourth-order valence-corrected chi connectivity index (χ4v) is 2.80. The third kappa shape index (κ3) is 4.05. The van der Waals surface area contributed by atoms with Crippen molar-refractivity contribution in [1.29, 1.82) is 0 Å².